The van der Waals surface area contributed by atoms with Gasteiger partial charge in [-0.15, -0.1) is 23.5 Å². The van der Waals surface area contributed by atoms with Crippen LogP contribution in [0.1, 0.15) is 34.1 Å². The molecule has 0 N–H and O–H groups in total. The maximum Gasteiger partial charge on any atom is 0.357 e. The van der Waals surface area contributed by atoms with E-state index in [1.165, 1.54) is 0 Å². The second-order valence-corrected chi connectivity index (χ2v) is 11.0. The Morgan fingerprint density at radius 1 is 1.26 bits per heavy atom. The Bertz CT molecular complexity index is 397. The molecule has 2 rings (SSSR count). The first-order valence-corrected chi connectivity index (χ1v) is 10.4. The molecule has 0 aromatic rings. The predicted molar refractivity (Wildman–Crippen MR) is 84.9 cm³/mol. The average Bonchev–Trinajstić information content (AvgIpc) is 2.86. The lowest BCUT2D eigenvalue weighted by Gasteiger charge is -2.40. The van der Waals surface area contributed by atoms with Crippen molar-refractivity contribution in [1.82, 2.24) is 0 Å². The van der Waals surface area contributed by atoms with Gasteiger partial charge in [-0.2, -0.15) is 0 Å². The lowest BCUT2D eigenvalue weighted by Crippen LogP contribution is -2.30. The van der Waals surface area contributed by atoms with Crippen LogP contribution in [0.2, 0.25) is 0 Å². The van der Waals surface area contributed by atoms with Gasteiger partial charge in [0.25, 0.3) is 0 Å². The highest BCUT2D eigenvalue weighted by atomic mass is 32.2. The minimum absolute atomic E-state index is 0.0997. The zero-order valence-electron chi connectivity index (χ0n) is 12.2. The third kappa shape index (κ3) is 2.82. The van der Waals surface area contributed by atoms with Gasteiger partial charge in [0.05, 0.1) is 12.2 Å². The first-order valence-electron chi connectivity index (χ1n) is 6.71. The first kappa shape index (κ1) is 16.0. The van der Waals surface area contributed by atoms with Gasteiger partial charge in [0.1, 0.15) is 0 Å². The van der Waals surface area contributed by atoms with E-state index in [0.29, 0.717) is 5.25 Å². The van der Waals surface area contributed by atoms with Crippen molar-refractivity contribution in [3.63, 3.8) is 0 Å². The highest BCUT2D eigenvalue weighted by Gasteiger charge is 2.62. The molecule has 0 aromatic carbocycles. The maximum atomic E-state index is 13.5. The second-order valence-electron chi connectivity index (χ2n) is 5.52. The summed E-state index contributed by atoms with van der Waals surface area (Å²) in [6.45, 7) is 7.66. The van der Waals surface area contributed by atoms with Crippen molar-refractivity contribution < 1.29 is 13.6 Å². The molecule has 1 heterocycles. The summed E-state index contributed by atoms with van der Waals surface area (Å²) in [4.78, 5) is 0. The van der Waals surface area contributed by atoms with E-state index in [4.69, 9.17) is 9.05 Å². The molecule has 6 heteroatoms. The molecule has 0 radical (unpaired) electrons. The van der Waals surface area contributed by atoms with Crippen molar-refractivity contribution in [2.45, 2.75) is 55.4 Å². The molecule has 0 amide bonds. The van der Waals surface area contributed by atoms with Crippen molar-refractivity contribution in [3.8, 4) is 0 Å². The third-order valence-corrected chi connectivity index (χ3v) is 10.9. The van der Waals surface area contributed by atoms with Crippen LogP contribution in [-0.2, 0) is 13.6 Å². The molecule has 1 aliphatic carbocycles. The number of allylic oxidation sites excluding steroid dienone is 1. The molecular weight excluding hydrogens is 299 g/mol. The SMILES string of the molecule is CS[C@@]1(P(=O)(OC(C)C)OC(C)C)S[C@H]2C=C[C@@H]1C2. The predicted octanol–water partition coefficient (Wildman–Crippen LogP) is 4.74. The highest BCUT2D eigenvalue weighted by Crippen LogP contribution is 2.78. The van der Waals surface area contributed by atoms with Gasteiger partial charge in [-0.25, -0.2) is 0 Å². The fourth-order valence-electron chi connectivity index (χ4n) is 2.63. The van der Waals surface area contributed by atoms with Crippen molar-refractivity contribution in [1.29, 1.82) is 0 Å². The second kappa shape index (κ2) is 5.76. The quantitative estimate of drug-likeness (QED) is 0.521. The molecular formula is C13H23O3PS2. The van der Waals surface area contributed by atoms with Gasteiger partial charge in [-0.1, -0.05) is 12.2 Å². The summed E-state index contributed by atoms with van der Waals surface area (Å²) in [7, 11) is -3.18. The van der Waals surface area contributed by atoms with Gasteiger partial charge in [-0.3, -0.25) is 4.57 Å². The number of fused-ring (bicyclic) bond motifs is 2. The van der Waals surface area contributed by atoms with Crippen LogP contribution >= 0.6 is 31.1 Å². The van der Waals surface area contributed by atoms with E-state index in [1.54, 1.807) is 23.5 Å². The van der Waals surface area contributed by atoms with E-state index in [9.17, 15) is 4.57 Å². The summed E-state index contributed by atoms with van der Waals surface area (Å²) in [6.07, 6.45) is 7.28. The van der Waals surface area contributed by atoms with Crippen LogP contribution in [0.15, 0.2) is 12.2 Å². The Kier molecular flexibility index (Phi) is 4.84. The molecule has 1 saturated heterocycles. The molecule has 3 nitrogen and oxygen atoms in total. The summed E-state index contributed by atoms with van der Waals surface area (Å²) in [5, 5.41) is 0.456. The number of rotatable bonds is 6. The van der Waals surface area contributed by atoms with E-state index < -0.39 is 11.4 Å². The largest absolute Gasteiger partial charge is 0.357 e. The lowest BCUT2D eigenvalue weighted by molar-refractivity contribution is 0.137. The summed E-state index contributed by atoms with van der Waals surface area (Å²) >= 11 is 3.39. The van der Waals surface area contributed by atoms with Crippen molar-refractivity contribution in [2.24, 2.45) is 5.92 Å². The summed E-state index contributed by atoms with van der Waals surface area (Å²) < 4.78 is 24.7. The minimum atomic E-state index is -3.18. The van der Waals surface area contributed by atoms with Crippen LogP contribution in [0.5, 0.6) is 0 Å². The standard InChI is InChI=1S/C13H23O3PS2/c1-9(2)15-17(14,16-10(3)4)13(18-5)11-6-7-12(8-11)19-13/h6-7,9-12H,8H2,1-5H3/t11-,12+,13-/m1/s1. The van der Waals surface area contributed by atoms with Crippen LogP contribution < -0.4 is 0 Å². The number of hydrogen-bond donors (Lipinski definition) is 0. The zero-order chi connectivity index (χ0) is 14.3. The molecule has 0 unspecified atom stereocenters. The molecule has 1 fully saturated rings. The Labute approximate surface area is 124 Å². The lowest BCUT2D eigenvalue weighted by atomic mass is 10.2. The van der Waals surface area contributed by atoms with Gasteiger partial charge >= 0.3 is 7.60 Å². The Morgan fingerprint density at radius 3 is 2.16 bits per heavy atom. The van der Waals surface area contributed by atoms with Gasteiger partial charge in [0.2, 0.25) is 0 Å². The monoisotopic (exact) mass is 322 g/mol. The van der Waals surface area contributed by atoms with Crippen LogP contribution in [0.3, 0.4) is 0 Å². The molecule has 2 bridgehead atoms. The van der Waals surface area contributed by atoms with E-state index in [2.05, 4.69) is 12.2 Å². The van der Waals surface area contributed by atoms with Gasteiger partial charge in [0, 0.05) is 11.2 Å². The highest BCUT2D eigenvalue weighted by molar-refractivity contribution is 8.25. The van der Waals surface area contributed by atoms with Gasteiger partial charge in [-0.05, 0) is 40.4 Å². The van der Waals surface area contributed by atoms with Crippen molar-refractivity contribution in [3.05, 3.63) is 12.2 Å². The molecule has 3 atom stereocenters. The fraction of sp³-hybridized carbons (Fsp3) is 0.846. The van der Waals surface area contributed by atoms with Gasteiger partial charge < -0.3 is 9.05 Å². The number of hydrogen-bond acceptors (Lipinski definition) is 5. The van der Waals surface area contributed by atoms with E-state index >= 15 is 0 Å². The summed E-state index contributed by atoms with van der Waals surface area (Å²) in [6, 6.07) is 0. The van der Waals surface area contributed by atoms with E-state index in [1.807, 2.05) is 34.0 Å². The Morgan fingerprint density at radius 2 is 1.84 bits per heavy atom. The normalized spacial score (nSPS) is 33.8. The van der Waals surface area contributed by atoms with Crippen molar-refractivity contribution in [2.75, 3.05) is 6.26 Å². The van der Waals surface area contributed by atoms with Crippen molar-refractivity contribution >= 4 is 31.1 Å². The topological polar surface area (TPSA) is 35.5 Å². The Hall–Kier alpha value is 0.590. The molecule has 2 aliphatic rings. The van der Waals surface area contributed by atoms with Crippen LogP contribution in [0.4, 0.5) is 0 Å². The molecule has 19 heavy (non-hydrogen) atoms. The smallest absolute Gasteiger partial charge is 0.304 e. The van der Waals surface area contributed by atoms with Crippen LogP contribution in [0.25, 0.3) is 0 Å². The van der Waals surface area contributed by atoms with E-state index in [0.717, 1.165) is 6.42 Å². The van der Waals surface area contributed by atoms with E-state index in [-0.39, 0.29) is 18.1 Å². The molecule has 0 aromatic heterocycles. The Balaban J connectivity index is 2.36. The van der Waals surface area contributed by atoms with Crippen LogP contribution in [0, 0.1) is 5.92 Å². The fourth-order valence-corrected chi connectivity index (χ4v) is 9.51. The number of thioether (sulfide) groups is 2. The average molecular weight is 322 g/mol. The third-order valence-electron chi connectivity index (χ3n) is 3.21. The van der Waals surface area contributed by atoms with Gasteiger partial charge in [0.15, 0.2) is 3.82 Å². The molecule has 110 valence electrons. The molecule has 0 saturated carbocycles. The first-order chi connectivity index (χ1) is 8.83. The summed E-state index contributed by atoms with van der Waals surface area (Å²) in [5.41, 5.74) is 0. The summed E-state index contributed by atoms with van der Waals surface area (Å²) in [5.74, 6) is 0.279. The molecule has 0 spiro atoms. The molecule has 1 aliphatic heterocycles. The van der Waals surface area contributed by atoms with Crippen LogP contribution in [-0.4, -0.2) is 27.5 Å². The maximum absolute atomic E-state index is 13.5. The zero-order valence-corrected chi connectivity index (χ0v) is 14.7. The minimum Gasteiger partial charge on any atom is -0.304 e.